The van der Waals surface area contributed by atoms with E-state index in [1.54, 1.807) is 0 Å². The van der Waals surface area contributed by atoms with Crippen molar-refractivity contribution in [3.05, 3.63) is 16.5 Å². The monoisotopic (exact) mass is 199 g/mol. The third-order valence-corrected chi connectivity index (χ3v) is 2.77. The number of hydrogen-bond acceptors (Lipinski definition) is 3. The Kier molecular flexibility index (Phi) is 3.31. The van der Waals surface area contributed by atoms with Gasteiger partial charge < -0.3 is 10.8 Å². The quantitative estimate of drug-likeness (QED) is 0.782. The SMILES string of the molecule is CCCCc1csc(N)c1C(=O)O. The highest BCUT2D eigenvalue weighted by Gasteiger charge is 2.15. The number of unbranched alkanes of at least 4 members (excludes halogenated alkanes) is 1. The molecule has 13 heavy (non-hydrogen) atoms. The molecule has 0 fully saturated rings. The molecule has 1 rings (SSSR count). The maximum absolute atomic E-state index is 10.8. The van der Waals surface area contributed by atoms with Gasteiger partial charge in [-0.2, -0.15) is 0 Å². The van der Waals surface area contributed by atoms with Gasteiger partial charge in [-0.05, 0) is 23.8 Å². The minimum atomic E-state index is -0.912. The summed E-state index contributed by atoms with van der Waals surface area (Å²) in [6, 6.07) is 0. The predicted molar refractivity (Wildman–Crippen MR) is 54.3 cm³/mol. The Hall–Kier alpha value is -1.03. The molecule has 0 radical (unpaired) electrons. The molecule has 0 atom stereocenters. The lowest BCUT2D eigenvalue weighted by Crippen LogP contribution is -2.02. The van der Waals surface area contributed by atoms with E-state index in [2.05, 4.69) is 6.92 Å². The number of hydrogen-bond donors (Lipinski definition) is 2. The average Bonchev–Trinajstić information content (AvgIpc) is 2.43. The lowest BCUT2D eigenvalue weighted by atomic mass is 10.1. The van der Waals surface area contributed by atoms with Crippen molar-refractivity contribution < 1.29 is 9.90 Å². The molecule has 0 bridgehead atoms. The minimum Gasteiger partial charge on any atom is -0.478 e. The zero-order chi connectivity index (χ0) is 9.84. The van der Waals surface area contributed by atoms with Gasteiger partial charge in [0.15, 0.2) is 0 Å². The van der Waals surface area contributed by atoms with Crippen LogP contribution < -0.4 is 5.73 Å². The van der Waals surface area contributed by atoms with Crippen LogP contribution >= 0.6 is 11.3 Å². The fraction of sp³-hybridized carbons (Fsp3) is 0.444. The van der Waals surface area contributed by atoms with E-state index in [1.165, 1.54) is 11.3 Å². The number of carboxylic acids is 1. The van der Waals surface area contributed by atoms with Crippen LogP contribution in [0.1, 0.15) is 35.7 Å². The molecule has 0 unspecified atom stereocenters. The Morgan fingerprint density at radius 3 is 2.92 bits per heavy atom. The molecule has 0 aromatic carbocycles. The van der Waals surface area contributed by atoms with Crippen molar-refractivity contribution in [3.8, 4) is 0 Å². The van der Waals surface area contributed by atoms with Crippen molar-refractivity contribution >= 4 is 22.3 Å². The largest absolute Gasteiger partial charge is 0.478 e. The van der Waals surface area contributed by atoms with Crippen LogP contribution in [0.4, 0.5) is 5.00 Å². The summed E-state index contributed by atoms with van der Waals surface area (Å²) in [5.74, 6) is -0.912. The Balaban J connectivity index is 2.87. The van der Waals surface area contributed by atoms with Crippen molar-refractivity contribution in [1.82, 2.24) is 0 Å². The van der Waals surface area contributed by atoms with Crippen molar-refractivity contribution in [2.24, 2.45) is 0 Å². The van der Waals surface area contributed by atoms with Crippen LogP contribution in [-0.4, -0.2) is 11.1 Å². The highest BCUT2D eigenvalue weighted by atomic mass is 32.1. The van der Waals surface area contributed by atoms with Gasteiger partial charge in [-0.25, -0.2) is 4.79 Å². The van der Waals surface area contributed by atoms with Gasteiger partial charge in [0.2, 0.25) is 0 Å². The van der Waals surface area contributed by atoms with E-state index in [4.69, 9.17) is 10.8 Å². The molecule has 1 aromatic heterocycles. The molecular weight excluding hydrogens is 186 g/mol. The van der Waals surface area contributed by atoms with Crippen molar-refractivity contribution in [2.75, 3.05) is 5.73 Å². The summed E-state index contributed by atoms with van der Waals surface area (Å²) in [6.45, 7) is 2.08. The second-order valence-electron chi connectivity index (χ2n) is 2.91. The zero-order valence-electron chi connectivity index (χ0n) is 7.54. The van der Waals surface area contributed by atoms with Gasteiger partial charge in [-0.15, -0.1) is 11.3 Å². The Labute approximate surface area is 81.2 Å². The van der Waals surface area contributed by atoms with E-state index in [0.29, 0.717) is 10.6 Å². The van der Waals surface area contributed by atoms with Gasteiger partial charge in [0.25, 0.3) is 0 Å². The molecule has 3 N–H and O–H groups in total. The summed E-state index contributed by atoms with van der Waals surface area (Å²) in [4.78, 5) is 10.8. The van der Waals surface area contributed by atoms with Gasteiger partial charge in [0, 0.05) is 0 Å². The molecule has 0 saturated heterocycles. The molecule has 72 valence electrons. The van der Waals surface area contributed by atoms with Crippen LogP contribution in [-0.2, 0) is 6.42 Å². The van der Waals surface area contributed by atoms with Crippen molar-refractivity contribution in [3.63, 3.8) is 0 Å². The first-order chi connectivity index (χ1) is 6.16. The molecule has 1 heterocycles. The third kappa shape index (κ3) is 2.21. The number of aryl methyl sites for hydroxylation is 1. The number of carboxylic acid groups (broad SMARTS) is 1. The van der Waals surface area contributed by atoms with E-state index in [1.807, 2.05) is 5.38 Å². The van der Waals surface area contributed by atoms with Crippen molar-refractivity contribution in [1.29, 1.82) is 0 Å². The highest BCUT2D eigenvalue weighted by Crippen LogP contribution is 2.26. The summed E-state index contributed by atoms with van der Waals surface area (Å²) in [5.41, 5.74) is 6.73. The fourth-order valence-electron chi connectivity index (χ4n) is 1.20. The Bertz CT molecular complexity index is 307. The fourth-order valence-corrected chi connectivity index (χ4v) is 2.05. The van der Waals surface area contributed by atoms with E-state index in [9.17, 15) is 4.79 Å². The number of carbonyl (C=O) groups is 1. The van der Waals surface area contributed by atoms with Crippen LogP contribution in [0.3, 0.4) is 0 Å². The lowest BCUT2D eigenvalue weighted by Gasteiger charge is -1.98. The predicted octanol–water partition coefficient (Wildman–Crippen LogP) is 2.37. The maximum atomic E-state index is 10.8. The number of aromatic carboxylic acids is 1. The Morgan fingerprint density at radius 1 is 1.69 bits per heavy atom. The lowest BCUT2D eigenvalue weighted by molar-refractivity contribution is 0.0697. The first kappa shape index (κ1) is 10.1. The molecule has 0 aliphatic carbocycles. The van der Waals surface area contributed by atoms with Crippen LogP contribution in [0.2, 0.25) is 0 Å². The zero-order valence-corrected chi connectivity index (χ0v) is 8.36. The normalized spacial score (nSPS) is 10.2. The Morgan fingerprint density at radius 2 is 2.38 bits per heavy atom. The molecule has 0 saturated carbocycles. The summed E-state index contributed by atoms with van der Waals surface area (Å²) >= 11 is 1.31. The third-order valence-electron chi connectivity index (χ3n) is 1.91. The van der Waals surface area contributed by atoms with E-state index in [-0.39, 0.29) is 0 Å². The number of anilines is 1. The molecule has 1 aromatic rings. The van der Waals surface area contributed by atoms with Crippen LogP contribution in [0.5, 0.6) is 0 Å². The van der Waals surface area contributed by atoms with Crippen LogP contribution in [0, 0.1) is 0 Å². The van der Waals surface area contributed by atoms with E-state index in [0.717, 1.165) is 24.8 Å². The van der Waals surface area contributed by atoms with Gasteiger partial charge in [-0.3, -0.25) is 0 Å². The molecule has 4 heteroatoms. The minimum absolute atomic E-state index is 0.304. The summed E-state index contributed by atoms with van der Waals surface area (Å²) in [7, 11) is 0. The molecule has 0 aliphatic rings. The number of rotatable bonds is 4. The molecule has 0 spiro atoms. The van der Waals surface area contributed by atoms with Gasteiger partial charge in [0.1, 0.15) is 5.00 Å². The number of nitrogen functional groups attached to an aromatic ring is 1. The topological polar surface area (TPSA) is 63.3 Å². The standard InChI is InChI=1S/C9H13NO2S/c1-2-3-4-6-5-13-8(10)7(6)9(11)12/h5H,2-4,10H2,1H3,(H,11,12). The van der Waals surface area contributed by atoms with Gasteiger partial charge in [0.05, 0.1) is 5.56 Å². The van der Waals surface area contributed by atoms with Gasteiger partial charge in [-0.1, -0.05) is 13.3 Å². The van der Waals surface area contributed by atoms with Crippen LogP contribution in [0.25, 0.3) is 0 Å². The maximum Gasteiger partial charge on any atom is 0.338 e. The second-order valence-corrected chi connectivity index (χ2v) is 3.82. The second kappa shape index (κ2) is 4.28. The molecular formula is C9H13NO2S. The number of thiophene rings is 1. The molecule has 3 nitrogen and oxygen atoms in total. The highest BCUT2D eigenvalue weighted by molar-refractivity contribution is 7.14. The summed E-state index contributed by atoms with van der Waals surface area (Å²) in [6.07, 6.45) is 2.89. The summed E-state index contributed by atoms with van der Waals surface area (Å²) in [5, 5.41) is 11.1. The van der Waals surface area contributed by atoms with Gasteiger partial charge >= 0.3 is 5.97 Å². The van der Waals surface area contributed by atoms with Crippen LogP contribution in [0.15, 0.2) is 5.38 Å². The van der Waals surface area contributed by atoms with E-state index >= 15 is 0 Å². The molecule has 0 aliphatic heterocycles. The van der Waals surface area contributed by atoms with Crippen molar-refractivity contribution in [2.45, 2.75) is 26.2 Å². The number of nitrogens with two attached hydrogens (primary N) is 1. The smallest absolute Gasteiger partial charge is 0.338 e. The summed E-state index contributed by atoms with van der Waals surface area (Å²) < 4.78 is 0. The first-order valence-electron chi connectivity index (χ1n) is 4.26. The first-order valence-corrected chi connectivity index (χ1v) is 5.14. The average molecular weight is 199 g/mol. The molecule has 0 amide bonds. The van der Waals surface area contributed by atoms with E-state index < -0.39 is 5.97 Å².